The second-order valence-electron chi connectivity index (χ2n) is 6.47. The predicted octanol–water partition coefficient (Wildman–Crippen LogP) is 3.16. The molecule has 0 amide bonds. The fourth-order valence-electron chi connectivity index (χ4n) is 3.06. The van der Waals surface area contributed by atoms with Crippen LogP contribution >= 0.6 is 0 Å². The molecule has 1 aliphatic rings. The second-order valence-corrected chi connectivity index (χ2v) is 8.29. The molecule has 0 N–H and O–H groups in total. The van der Waals surface area contributed by atoms with E-state index in [-0.39, 0.29) is 22.9 Å². The summed E-state index contributed by atoms with van der Waals surface area (Å²) in [7, 11) is -3.84. The summed E-state index contributed by atoms with van der Waals surface area (Å²) >= 11 is 0. The highest BCUT2D eigenvalue weighted by Gasteiger charge is 2.37. The lowest BCUT2D eigenvalue weighted by Gasteiger charge is -2.37. The highest BCUT2D eigenvalue weighted by atomic mass is 32.2. The summed E-state index contributed by atoms with van der Waals surface area (Å²) in [5.74, 6) is -0.274. The van der Waals surface area contributed by atoms with Crippen LogP contribution in [0, 0.1) is 6.92 Å². The Balaban J connectivity index is 2.61. The van der Waals surface area contributed by atoms with Gasteiger partial charge in [0, 0.05) is 17.7 Å². The quantitative estimate of drug-likeness (QED) is 0.808. The molecule has 2 rings (SSSR count). The number of rotatable bonds is 5. The second kappa shape index (κ2) is 6.96. The van der Waals surface area contributed by atoms with Gasteiger partial charge in [-0.1, -0.05) is 17.7 Å². The van der Waals surface area contributed by atoms with Crippen molar-refractivity contribution in [2.24, 2.45) is 0 Å². The highest BCUT2D eigenvalue weighted by Crippen LogP contribution is 2.34. The van der Waals surface area contributed by atoms with Gasteiger partial charge in [-0.3, -0.25) is 13.9 Å². The van der Waals surface area contributed by atoms with Crippen LogP contribution < -0.4 is 0 Å². The summed E-state index contributed by atoms with van der Waals surface area (Å²) < 4.78 is 27.6. The Labute approximate surface area is 149 Å². The summed E-state index contributed by atoms with van der Waals surface area (Å²) in [4.78, 5) is 23.8. The van der Waals surface area contributed by atoms with Crippen LogP contribution in [0.3, 0.4) is 0 Å². The van der Waals surface area contributed by atoms with Gasteiger partial charge in [-0.15, -0.1) is 0 Å². The van der Waals surface area contributed by atoms with Crippen LogP contribution in [0.25, 0.3) is 0 Å². The van der Waals surface area contributed by atoms with Crippen molar-refractivity contribution >= 4 is 21.6 Å². The average molecular weight is 361 g/mol. The first-order valence-electron chi connectivity index (χ1n) is 8.06. The van der Waals surface area contributed by atoms with Crippen LogP contribution in [0.2, 0.25) is 0 Å². The Morgan fingerprint density at radius 1 is 1.04 bits per heavy atom. The molecule has 0 saturated heterocycles. The van der Waals surface area contributed by atoms with Crippen molar-refractivity contribution in [1.29, 1.82) is 0 Å². The number of benzene rings is 1. The zero-order valence-electron chi connectivity index (χ0n) is 15.2. The largest absolute Gasteiger partial charge is 0.300 e. The molecule has 5 nitrogen and oxygen atoms in total. The third kappa shape index (κ3) is 3.74. The molecular formula is C19H23NO4S. The van der Waals surface area contributed by atoms with E-state index in [1.165, 1.54) is 18.2 Å². The van der Waals surface area contributed by atoms with Gasteiger partial charge in [-0.2, -0.15) is 0 Å². The molecule has 6 heteroatoms. The molecule has 25 heavy (non-hydrogen) atoms. The van der Waals surface area contributed by atoms with Crippen molar-refractivity contribution in [3.05, 3.63) is 52.7 Å². The van der Waals surface area contributed by atoms with E-state index in [2.05, 4.69) is 0 Å². The van der Waals surface area contributed by atoms with Gasteiger partial charge in [0.25, 0.3) is 10.0 Å². The summed E-state index contributed by atoms with van der Waals surface area (Å²) in [6, 6.07) is 5.90. The molecule has 0 bridgehead atoms. The Morgan fingerprint density at radius 3 is 2.08 bits per heavy atom. The Hall–Kier alpha value is -2.21. The van der Waals surface area contributed by atoms with Gasteiger partial charge in [0.05, 0.1) is 10.9 Å². The third-order valence-electron chi connectivity index (χ3n) is 4.35. The van der Waals surface area contributed by atoms with Crippen molar-refractivity contribution in [3.63, 3.8) is 0 Å². The minimum Gasteiger partial charge on any atom is -0.300 e. The Morgan fingerprint density at radius 2 is 1.60 bits per heavy atom. The number of sulfonamides is 1. The summed E-state index contributed by atoms with van der Waals surface area (Å²) in [6.07, 6.45) is 1.61. The van der Waals surface area contributed by atoms with Crippen LogP contribution in [0.4, 0.5) is 0 Å². The number of ketones is 2. The van der Waals surface area contributed by atoms with Crippen LogP contribution in [-0.2, 0) is 19.6 Å². The zero-order valence-corrected chi connectivity index (χ0v) is 16.0. The van der Waals surface area contributed by atoms with E-state index in [4.69, 9.17) is 0 Å². The lowest BCUT2D eigenvalue weighted by Crippen LogP contribution is -2.43. The molecule has 0 aromatic heterocycles. The number of nitrogens with zero attached hydrogens (tertiary/aromatic N) is 1. The van der Waals surface area contributed by atoms with Gasteiger partial charge in [0.1, 0.15) is 5.78 Å². The number of allylic oxidation sites excluding steroid dienone is 3. The molecule has 0 saturated carbocycles. The minimum atomic E-state index is -3.84. The number of hydrogen-bond acceptors (Lipinski definition) is 4. The van der Waals surface area contributed by atoms with Gasteiger partial charge in [0.15, 0.2) is 5.78 Å². The molecule has 0 aliphatic carbocycles. The van der Waals surface area contributed by atoms with E-state index < -0.39 is 16.1 Å². The van der Waals surface area contributed by atoms with Gasteiger partial charge < -0.3 is 0 Å². The predicted molar refractivity (Wildman–Crippen MR) is 96.4 cm³/mol. The Bertz CT molecular complexity index is 877. The fourth-order valence-corrected chi connectivity index (χ4v) is 4.76. The van der Waals surface area contributed by atoms with Gasteiger partial charge in [-0.05, 0) is 58.4 Å². The lowest BCUT2D eigenvalue weighted by molar-refractivity contribution is -0.118. The maximum absolute atomic E-state index is 13.2. The molecule has 1 aromatic rings. The van der Waals surface area contributed by atoms with E-state index in [0.29, 0.717) is 16.8 Å². The molecule has 0 spiro atoms. The molecular weight excluding hydrogens is 338 g/mol. The number of carbonyl (C=O) groups excluding carboxylic acids is 2. The van der Waals surface area contributed by atoms with Crippen molar-refractivity contribution in [3.8, 4) is 0 Å². The maximum Gasteiger partial charge on any atom is 0.264 e. The standard InChI is InChI=1S/C19H23NO4S/c1-12-6-8-17(9-7-12)25(23,24)20-13(2)10-18(16(5)22)15(4)19(20)11-14(3)21/h6-10,19H,11H2,1-5H3. The van der Waals surface area contributed by atoms with Crippen molar-refractivity contribution in [2.45, 2.75) is 52.0 Å². The van der Waals surface area contributed by atoms with Crippen LogP contribution in [-0.4, -0.2) is 30.3 Å². The molecule has 1 heterocycles. The SMILES string of the molecule is CC(=O)CC1C(C)=C(C(C)=O)C=C(C)N1S(=O)(=O)c1ccc(C)cc1. The third-order valence-corrected chi connectivity index (χ3v) is 6.27. The van der Waals surface area contributed by atoms with Gasteiger partial charge in [-0.25, -0.2) is 8.42 Å². The number of Topliss-reactive ketones (excluding diaryl/α,β-unsaturated/α-hetero) is 2. The molecule has 1 atom stereocenters. The minimum absolute atomic E-state index is 0.0267. The van der Waals surface area contributed by atoms with E-state index in [9.17, 15) is 18.0 Å². The molecule has 134 valence electrons. The van der Waals surface area contributed by atoms with E-state index in [1.54, 1.807) is 44.2 Å². The molecule has 1 aliphatic heterocycles. The normalized spacial score (nSPS) is 18.2. The zero-order chi connectivity index (χ0) is 18.9. The smallest absolute Gasteiger partial charge is 0.264 e. The van der Waals surface area contributed by atoms with Crippen LogP contribution in [0.1, 0.15) is 39.7 Å². The topological polar surface area (TPSA) is 71.5 Å². The van der Waals surface area contributed by atoms with Crippen LogP contribution in [0.15, 0.2) is 52.1 Å². The first-order chi connectivity index (χ1) is 11.6. The lowest BCUT2D eigenvalue weighted by atomic mass is 9.92. The summed E-state index contributed by atoms with van der Waals surface area (Å²) in [6.45, 7) is 8.11. The number of hydrogen-bond donors (Lipinski definition) is 0. The molecule has 0 fully saturated rings. The Kier molecular flexibility index (Phi) is 5.32. The monoisotopic (exact) mass is 361 g/mol. The summed E-state index contributed by atoms with van der Waals surface area (Å²) in [5.41, 5.74) is 2.46. The summed E-state index contributed by atoms with van der Waals surface area (Å²) in [5, 5.41) is 0. The van der Waals surface area contributed by atoms with E-state index >= 15 is 0 Å². The van der Waals surface area contributed by atoms with Gasteiger partial charge >= 0.3 is 0 Å². The number of aryl methyl sites for hydroxylation is 1. The molecule has 1 aromatic carbocycles. The fraction of sp³-hybridized carbons (Fsp3) is 0.368. The van der Waals surface area contributed by atoms with Crippen molar-refractivity contribution in [2.75, 3.05) is 0 Å². The van der Waals surface area contributed by atoms with E-state index in [1.807, 2.05) is 6.92 Å². The number of carbonyl (C=O) groups is 2. The van der Waals surface area contributed by atoms with E-state index in [0.717, 1.165) is 5.56 Å². The van der Waals surface area contributed by atoms with Crippen LogP contribution in [0.5, 0.6) is 0 Å². The average Bonchev–Trinajstić information content (AvgIpc) is 2.50. The maximum atomic E-state index is 13.2. The van der Waals surface area contributed by atoms with Crippen molar-refractivity contribution < 1.29 is 18.0 Å². The highest BCUT2D eigenvalue weighted by molar-refractivity contribution is 7.89. The molecule has 1 unspecified atom stereocenters. The first-order valence-corrected chi connectivity index (χ1v) is 9.50. The first kappa shape index (κ1) is 19.1. The van der Waals surface area contributed by atoms with Crippen molar-refractivity contribution in [1.82, 2.24) is 4.31 Å². The van der Waals surface area contributed by atoms with Gasteiger partial charge in [0.2, 0.25) is 0 Å². The molecule has 0 radical (unpaired) electrons.